The second-order valence-corrected chi connectivity index (χ2v) is 8.24. The lowest BCUT2D eigenvalue weighted by molar-refractivity contribution is 0.580. The molecule has 3 rings (SSSR count). The van der Waals surface area contributed by atoms with Crippen LogP contribution in [0.25, 0.3) is 0 Å². The Balaban J connectivity index is 1.66. The van der Waals surface area contributed by atoms with E-state index in [4.69, 9.17) is 23.2 Å². The Morgan fingerprint density at radius 3 is 2.39 bits per heavy atom. The number of fused-ring (bicyclic) bond motifs is 1. The summed E-state index contributed by atoms with van der Waals surface area (Å²) in [6.07, 6.45) is 0. The van der Waals surface area contributed by atoms with Crippen molar-refractivity contribution in [1.29, 1.82) is 0 Å². The monoisotopic (exact) mass is 370 g/mol. The van der Waals surface area contributed by atoms with Gasteiger partial charge in [-0.2, -0.15) is 0 Å². The zero-order valence-electron chi connectivity index (χ0n) is 12.3. The van der Waals surface area contributed by atoms with Crippen molar-refractivity contribution >= 4 is 33.2 Å². The van der Waals surface area contributed by atoms with Crippen LogP contribution in [0.2, 0.25) is 10.0 Å². The Bertz CT molecular complexity index is 818. The molecule has 7 heteroatoms. The van der Waals surface area contributed by atoms with Gasteiger partial charge in [0.1, 0.15) is 0 Å². The quantitative estimate of drug-likeness (QED) is 0.849. The minimum absolute atomic E-state index is 0.153. The van der Waals surface area contributed by atoms with Crippen LogP contribution < -0.4 is 10.0 Å². The molecular formula is C16H16Cl2N2O2S. The van der Waals surface area contributed by atoms with E-state index in [1.54, 1.807) is 18.2 Å². The molecule has 0 saturated carbocycles. The van der Waals surface area contributed by atoms with E-state index in [1.807, 2.05) is 18.2 Å². The molecule has 0 aliphatic carbocycles. The van der Waals surface area contributed by atoms with Gasteiger partial charge in [0.2, 0.25) is 10.0 Å². The molecule has 0 aromatic heterocycles. The van der Waals surface area contributed by atoms with Crippen LogP contribution in [0.15, 0.2) is 36.4 Å². The number of sulfonamides is 1. The molecule has 122 valence electrons. The minimum atomic E-state index is -3.46. The van der Waals surface area contributed by atoms with Crippen LogP contribution in [0.3, 0.4) is 0 Å². The van der Waals surface area contributed by atoms with E-state index in [1.165, 1.54) is 11.1 Å². The number of rotatable bonds is 5. The molecule has 2 aromatic rings. The first-order chi connectivity index (χ1) is 10.9. The Kier molecular flexibility index (Phi) is 4.94. The van der Waals surface area contributed by atoms with Crippen molar-refractivity contribution in [2.75, 3.05) is 0 Å². The highest BCUT2D eigenvalue weighted by molar-refractivity contribution is 7.88. The highest BCUT2D eigenvalue weighted by Crippen LogP contribution is 2.21. The van der Waals surface area contributed by atoms with Crippen molar-refractivity contribution in [2.24, 2.45) is 0 Å². The molecule has 0 saturated heterocycles. The molecule has 1 aliphatic rings. The van der Waals surface area contributed by atoms with E-state index in [-0.39, 0.29) is 12.3 Å². The van der Waals surface area contributed by atoms with Crippen LogP contribution in [0.5, 0.6) is 0 Å². The van der Waals surface area contributed by atoms with Gasteiger partial charge in [-0.15, -0.1) is 0 Å². The number of nitrogens with one attached hydrogen (secondary N) is 2. The third kappa shape index (κ3) is 4.46. The molecule has 0 atom stereocenters. The van der Waals surface area contributed by atoms with Gasteiger partial charge in [0.05, 0.1) is 5.75 Å². The van der Waals surface area contributed by atoms with Crippen LogP contribution >= 0.6 is 23.2 Å². The maximum absolute atomic E-state index is 12.2. The fraction of sp³-hybridized carbons (Fsp3) is 0.250. The first-order valence-electron chi connectivity index (χ1n) is 7.15. The van der Waals surface area contributed by atoms with E-state index < -0.39 is 10.0 Å². The highest BCUT2D eigenvalue weighted by Gasteiger charge is 2.14. The maximum atomic E-state index is 12.2. The summed E-state index contributed by atoms with van der Waals surface area (Å²) >= 11 is 11.8. The average Bonchev–Trinajstić information content (AvgIpc) is 2.91. The van der Waals surface area contributed by atoms with E-state index in [0.717, 1.165) is 18.7 Å². The molecule has 0 spiro atoms. The van der Waals surface area contributed by atoms with Gasteiger partial charge < -0.3 is 5.32 Å². The number of hydrogen-bond donors (Lipinski definition) is 2. The van der Waals surface area contributed by atoms with Crippen molar-refractivity contribution in [3.05, 3.63) is 68.7 Å². The predicted molar refractivity (Wildman–Crippen MR) is 92.9 cm³/mol. The van der Waals surface area contributed by atoms with E-state index >= 15 is 0 Å². The molecule has 2 aromatic carbocycles. The zero-order chi connectivity index (χ0) is 16.4. The standard InChI is InChI=1S/C16H16Cl2N2O2S/c17-15-4-12(5-16(18)6-15)10-23(21,22)20-7-11-1-2-13-8-19-9-14(13)3-11/h1-6,19-20H,7-10H2. The molecule has 0 fully saturated rings. The van der Waals surface area contributed by atoms with Crippen molar-refractivity contribution in [2.45, 2.75) is 25.4 Å². The lowest BCUT2D eigenvalue weighted by Crippen LogP contribution is -2.24. The zero-order valence-corrected chi connectivity index (χ0v) is 14.6. The van der Waals surface area contributed by atoms with Gasteiger partial charge in [-0.3, -0.25) is 0 Å². The molecule has 23 heavy (non-hydrogen) atoms. The Morgan fingerprint density at radius 2 is 1.65 bits per heavy atom. The summed E-state index contributed by atoms with van der Waals surface area (Å²) < 4.78 is 27.1. The van der Waals surface area contributed by atoms with Gasteiger partial charge in [-0.05, 0) is 40.5 Å². The fourth-order valence-corrected chi connectivity index (χ4v) is 4.28. The summed E-state index contributed by atoms with van der Waals surface area (Å²) in [6.45, 7) is 1.97. The summed E-state index contributed by atoms with van der Waals surface area (Å²) in [6, 6.07) is 10.8. The first kappa shape index (κ1) is 16.7. The molecule has 2 N–H and O–H groups in total. The number of halogens is 2. The third-order valence-electron chi connectivity index (χ3n) is 3.68. The SMILES string of the molecule is O=S(=O)(Cc1cc(Cl)cc(Cl)c1)NCc1ccc2c(c1)CNC2. The van der Waals surface area contributed by atoms with Gasteiger partial charge in [-0.1, -0.05) is 41.4 Å². The Hall–Kier alpha value is -1.11. The third-order valence-corrected chi connectivity index (χ3v) is 5.41. The molecular weight excluding hydrogens is 355 g/mol. The lowest BCUT2D eigenvalue weighted by atomic mass is 10.1. The molecule has 1 heterocycles. The summed E-state index contributed by atoms with van der Waals surface area (Å²) in [5.41, 5.74) is 4.00. The van der Waals surface area contributed by atoms with Gasteiger partial charge in [0, 0.05) is 29.7 Å². The highest BCUT2D eigenvalue weighted by atomic mass is 35.5. The topological polar surface area (TPSA) is 58.2 Å². The normalized spacial score (nSPS) is 14.0. The first-order valence-corrected chi connectivity index (χ1v) is 9.56. The number of benzene rings is 2. The van der Waals surface area contributed by atoms with Crippen LogP contribution in [-0.4, -0.2) is 8.42 Å². The molecule has 4 nitrogen and oxygen atoms in total. The van der Waals surface area contributed by atoms with Crippen LogP contribution in [0, 0.1) is 0 Å². The smallest absolute Gasteiger partial charge is 0.216 e. The van der Waals surface area contributed by atoms with E-state index in [2.05, 4.69) is 10.0 Å². The summed E-state index contributed by atoms with van der Waals surface area (Å²) in [5.74, 6) is -0.153. The van der Waals surface area contributed by atoms with Crippen molar-refractivity contribution in [3.63, 3.8) is 0 Å². The number of hydrogen-bond acceptors (Lipinski definition) is 3. The minimum Gasteiger partial charge on any atom is -0.309 e. The van der Waals surface area contributed by atoms with Crippen molar-refractivity contribution in [3.8, 4) is 0 Å². The van der Waals surface area contributed by atoms with Crippen LogP contribution in [0.4, 0.5) is 0 Å². The van der Waals surface area contributed by atoms with Gasteiger partial charge in [0.15, 0.2) is 0 Å². The summed E-state index contributed by atoms with van der Waals surface area (Å²) in [7, 11) is -3.46. The second-order valence-electron chi connectivity index (χ2n) is 5.56. The van der Waals surface area contributed by atoms with Gasteiger partial charge in [-0.25, -0.2) is 13.1 Å². The van der Waals surface area contributed by atoms with Crippen LogP contribution in [0.1, 0.15) is 22.3 Å². The fourth-order valence-electron chi connectivity index (χ4n) is 2.62. The molecule has 1 aliphatic heterocycles. The second kappa shape index (κ2) is 6.79. The maximum Gasteiger partial charge on any atom is 0.216 e. The molecule has 0 unspecified atom stereocenters. The molecule has 0 amide bonds. The van der Waals surface area contributed by atoms with Gasteiger partial charge >= 0.3 is 0 Å². The van der Waals surface area contributed by atoms with E-state index in [9.17, 15) is 8.42 Å². The van der Waals surface area contributed by atoms with Crippen molar-refractivity contribution < 1.29 is 8.42 Å². The largest absolute Gasteiger partial charge is 0.309 e. The van der Waals surface area contributed by atoms with Crippen LogP contribution in [-0.2, 0) is 35.4 Å². The molecule has 0 bridgehead atoms. The van der Waals surface area contributed by atoms with Crippen molar-refractivity contribution in [1.82, 2.24) is 10.0 Å². The lowest BCUT2D eigenvalue weighted by Gasteiger charge is -2.09. The Morgan fingerprint density at radius 1 is 0.957 bits per heavy atom. The summed E-state index contributed by atoms with van der Waals surface area (Å²) in [5, 5.41) is 4.12. The molecule has 0 radical (unpaired) electrons. The average molecular weight is 371 g/mol. The summed E-state index contributed by atoms with van der Waals surface area (Å²) in [4.78, 5) is 0. The van der Waals surface area contributed by atoms with Gasteiger partial charge in [0.25, 0.3) is 0 Å². The van der Waals surface area contributed by atoms with E-state index in [0.29, 0.717) is 15.6 Å². The Labute approximate surface area is 145 Å². The predicted octanol–water partition coefficient (Wildman–Crippen LogP) is 3.22.